The highest BCUT2D eigenvalue weighted by Crippen LogP contribution is 2.28. The van der Waals surface area contributed by atoms with Crippen LogP contribution in [0.25, 0.3) is 11.6 Å². The fourth-order valence-corrected chi connectivity index (χ4v) is 1.75. The molecule has 0 spiro atoms. The Bertz CT molecular complexity index is 452. The van der Waals surface area contributed by atoms with Crippen LogP contribution in [0, 0.1) is 0 Å². The third kappa shape index (κ3) is 1.92. The zero-order valence-electron chi connectivity index (χ0n) is 6.67. The van der Waals surface area contributed by atoms with Gasteiger partial charge in [-0.25, -0.2) is 9.97 Å². The number of rotatable bonds is 1. The van der Waals surface area contributed by atoms with Crippen molar-refractivity contribution in [1.82, 2.24) is 9.97 Å². The van der Waals surface area contributed by atoms with Crippen LogP contribution in [0.4, 0.5) is 0 Å². The first-order valence-corrected chi connectivity index (χ1v) is 5.15. The summed E-state index contributed by atoms with van der Waals surface area (Å²) in [5.41, 5.74) is 0. The van der Waals surface area contributed by atoms with Gasteiger partial charge in [0.2, 0.25) is 0 Å². The van der Waals surface area contributed by atoms with Crippen molar-refractivity contribution < 1.29 is 4.42 Å². The van der Waals surface area contributed by atoms with Crippen molar-refractivity contribution in [2.75, 3.05) is 0 Å². The normalized spacial score (nSPS) is 10.5. The van der Waals surface area contributed by atoms with Gasteiger partial charge in [-0.1, -0.05) is 23.2 Å². The predicted octanol–water partition coefficient (Wildman–Crippen LogP) is 3.81. The first-order chi connectivity index (χ1) is 6.66. The molecule has 2 rings (SSSR count). The highest BCUT2D eigenvalue weighted by Gasteiger charge is 2.11. The fraction of sp³-hybridized carbons (Fsp3) is 0. The molecule has 14 heavy (non-hydrogen) atoms. The molecule has 0 aromatic carbocycles. The SMILES string of the molecule is Clc1cc(Cl)nc(-c2occc2Br)n1. The lowest BCUT2D eigenvalue weighted by Gasteiger charge is -1.97. The third-order valence-corrected chi connectivity index (χ3v) is 2.50. The Labute approximate surface area is 98.2 Å². The third-order valence-electron chi connectivity index (χ3n) is 1.48. The van der Waals surface area contributed by atoms with E-state index in [1.165, 1.54) is 12.3 Å². The molecular weight excluding hydrogens is 291 g/mol. The molecule has 0 atom stereocenters. The van der Waals surface area contributed by atoms with E-state index in [-0.39, 0.29) is 10.3 Å². The Morgan fingerprint density at radius 2 is 1.86 bits per heavy atom. The van der Waals surface area contributed by atoms with Gasteiger partial charge in [0.25, 0.3) is 0 Å². The number of furan rings is 1. The first-order valence-electron chi connectivity index (χ1n) is 3.60. The van der Waals surface area contributed by atoms with Crippen molar-refractivity contribution in [2.45, 2.75) is 0 Å². The number of nitrogens with zero attached hydrogens (tertiary/aromatic N) is 2. The number of halogens is 3. The van der Waals surface area contributed by atoms with Crippen LogP contribution in [0.1, 0.15) is 0 Å². The van der Waals surface area contributed by atoms with E-state index < -0.39 is 0 Å². The second kappa shape index (κ2) is 3.88. The van der Waals surface area contributed by atoms with E-state index in [1.807, 2.05) is 0 Å². The van der Waals surface area contributed by atoms with E-state index in [1.54, 1.807) is 6.07 Å². The molecule has 0 amide bonds. The molecule has 72 valence electrons. The van der Waals surface area contributed by atoms with Gasteiger partial charge in [0.15, 0.2) is 11.6 Å². The average molecular weight is 294 g/mol. The molecule has 0 N–H and O–H groups in total. The monoisotopic (exact) mass is 292 g/mol. The standard InChI is InChI=1S/C8H3BrCl2N2O/c9-4-1-2-14-7(4)8-12-5(10)3-6(11)13-8/h1-3H. The predicted molar refractivity (Wildman–Crippen MR) is 57.5 cm³/mol. The van der Waals surface area contributed by atoms with Gasteiger partial charge < -0.3 is 4.42 Å². The summed E-state index contributed by atoms with van der Waals surface area (Å²) < 4.78 is 5.93. The van der Waals surface area contributed by atoms with Crippen LogP contribution in [-0.4, -0.2) is 9.97 Å². The van der Waals surface area contributed by atoms with Gasteiger partial charge in [0.05, 0.1) is 10.7 Å². The molecule has 0 fully saturated rings. The van der Waals surface area contributed by atoms with Gasteiger partial charge in [-0.2, -0.15) is 0 Å². The van der Waals surface area contributed by atoms with Crippen molar-refractivity contribution in [3.05, 3.63) is 33.2 Å². The van der Waals surface area contributed by atoms with Crippen molar-refractivity contribution in [1.29, 1.82) is 0 Å². The van der Waals surface area contributed by atoms with Crippen LogP contribution >= 0.6 is 39.1 Å². The van der Waals surface area contributed by atoms with Gasteiger partial charge in [-0.15, -0.1) is 0 Å². The van der Waals surface area contributed by atoms with Crippen LogP contribution in [0.3, 0.4) is 0 Å². The lowest BCUT2D eigenvalue weighted by molar-refractivity contribution is 0.576. The quantitative estimate of drug-likeness (QED) is 0.751. The minimum atomic E-state index is 0.281. The molecule has 0 saturated carbocycles. The molecule has 0 saturated heterocycles. The summed E-state index contributed by atoms with van der Waals surface area (Å²) >= 11 is 14.7. The van der Waals surface area contributed by atoms with Crippen LogP contribution in [0.15, 0.2) is 27.3 Å². The Morgan fingerprint density at radius 3 is 2.36 bits per heavy atom. The van der Waals surface area contributed by atoms with Gasteiger partial charge >= 0.3 is 0 Å². The lowest BCUT2D eigenvalue weighted by atomic mass is 10.4. The molecule has 0 radical (unpaired) electrons. The second-order valence-electron chi connectivity index (χ2n) is 2.43. The topological polar surface area (TPSA) is 38.9 Å². The largest absolute Gasteiger partial charge is 0.460 e. The van der Waals surface area contributed by atoms with E-state index in [2.05, 4.69) is 25.9 Å². The van der Waals surface area contributed by atoms with E-state index >= 15 is 0 Å². The summed E-state index contributed by atoms with van der Waals surface area (Å²) in [6.07, 6.45) is 1.53. The summed E-state index contributed by atoms with van der Waals surface area (Å²) in [6.45, 7) is 0. The molecule has 6 heteroatoms. The summed E-state index contributed by atoms with van der Waals surface area (Å²) in [4.78, 5) is 7.97. The molecule has 2 heterocycles. The Balaban J connectivity index is 2.57. The number of aromatic nitrogens is 2. The van der Waals surface area contributed by atoms with Crippen LogP contribution < -0.4 is 0 Å². The maximum Gasteiger partial charge on any atom is 0.199 e. The Morgan fingerprint density at radius 1 is 1.21 bits per heavy atom. The molecule has 2 aromatic heterocycles. The summed E-state index contributed by atoms with van der Waals surface area (Å²) in [6, 6.07) is 3.21. The number of hydrogen-bond donors (Lipinski definition) is 0. The maximum atomic E-state index is 5.73. The molecule has 2 aromatic rings. The van der Waals surface area contributed by atoms with E-state index in [4.69, 9.17) is 27.6 Å². The van der Waals surface area contributed by atoms with Gasteiger partial charge in [-0.3, -0.25) is 0 Å². The highest BCUT2D eigenvalue weighted by atomic mass is 79.9. The molecule has 0 aliphatic heterocycles. The Kier molecular flexibility index (Phi) is 2.76. The molecule has 0 aliphatic rings. The van der Waals surface area contributed by atoms with Crippen LogP contribution in [0.5, 0.6) is 0 Å². The zero-order valence-corrected chi connectivity index (χ0v) is 9.77. The van der Waals surface area contributed by atoms with Crippen molar-refractivity contribution >= 4 is 39.1 Å². The van der Waals surface area contributed by atoms with E-state index in [0.717, 1.165) is 4.47 Å². The van der Waals surface area contributed by atoms with Crippen molar-refractivity contribution in [2.24, 2.45) is 0 Å². The Hall–Kier alpha value is -0.580. The lowest BCUT2D eigenvalue weighted by Crippen LogP contribution is -1.88. The molecule has 0 bridgehead atoms. The minimum absolute atomic E-state index is 0.281. The molecule has 3 nitrogen and oxygen atoms in total. The minimum Gasteiger partial charge on any atom is -0.460 e. The second-order valence-corrected chi connectivity index (χ2v) is 4.06. The summed E-state index contributed by atoms with van der Waals surface area (Å²) in [5.74, 6) is 0.869. The summed E-state index contributed by atoms with van der Waals surface area (Å²) in [7, 11) is 0. The molecule has 0 aliphatic carbocycles. The van der Waals surface area contributed by atoms with E-state index in [9.17, 15) is 0 Å². The van der Waals surface area contributed by atoms with Gasteiger partial charge in [0, 0.05) is 6.07 Å². The molecule has 0 unspecified atom stereocenters. The zero-order chi connectivity index (χ0) is 10.1. The summed E-state index contributed by atoms with van der Waals surface area (Å²) in [5, 5.41) is 0.562. The fourth-order valence-electron chi connectivity index (χ4n) is 0.945. The van der Waals surface area contributed by atoms with Crippen molar-refractivity contribution in [3.63, 3.8) is 0 Å². The van der Waals surface area contributed by atoms with E-state index in [0.29, 0.717) is 11.6 Å². The smallest absolute Gasteiger partial charge is 0.199 e. The van der Waals surface area contributed by atoms with Crippen molar-refractivity contribution in [3.8, 4) is 11.6 Å². The maximum absolute atomic E-state index is 5.73. The van der Waals surface area contributed by atoms with Gasteiger partial charge in [0.1, 0.15) is 10.3 Å². The number of hydrogen-bond acceptors (Lipinski definition) is 3. The van der Waals surface area contributed by atoms with Crippen LogP contribution in [-0.2, 0) is 0 Å². The first kappa shape index (κ1) is 9.96. The highest BCUT2D eigenvalue weighted by molar-refractivity contribution is 9.10. The van der Waals surface area contributed by atoms with Gasteiger partial charge in [-0.05, 0) is 22.0 Å². The van der Waals surface area contributed by atoms with Crippen LogP contribution in [0.2, 0.25) is 10.3 Å². The molecular formula is C8H3BrCl2N2O. The average Bonchev–Trinajstić information content (AvgIpc) is 2.49.